The van der Waals surface area contributed by atoms with Crippen molar-refractivity contribution < 1.29 is 58.9 Å². The molecule has 0 unspecified atom stereocenters. The Labute approximate surface area is 267 Å². The van der Waals surface area contributed by atoms with Gasteiger partial charge in [0.05, 0.1) is 40.7 Å². The van der Waals surface area contributed by atoms with Gasteiger partial charge in [-0.25, -0.2) is 14.8 Å². The lowest BCUT2D eigenvalue weighted by atomic mass is 9.89. The summed E-state index contributed by atoms with van der Waals surface area (Å²) in [5.41, 5.74) is -4.35. The zero-order valence-corrected chi connectivity index (χ0v) is 25.4. The summed E-state index contributed by atoms with van der Waals surface area (Å²) >= 11 is 0. The Hall–Kier alpha value is -4.57. The lowest BCUT2D eigenvalue weighted by molar-refractivity contribution is -0.143. The molecule has 8 nitrogen and oxygen atoms in total. The quantitative estimate of drug-likeness (QED) is 0.217. The third kappa shape index (κ3) is 8.47. The molecule has 0 fully saturated rings. The Morgan fingerprint density at radius 3 is 2.10 bits per heavy atom. The van der Waals surface area contributed by atoms with Crippen LogP contribution in [-0.2, 0) is 40.9 Å². The van der Waals surface area contributed by atoms with Crippen LogP contribution >= 0.6 is 0 Å². The zero-order chi connectivity index (χ0) is 35.6. The minimum absolute atomic E-state index is 0.00456. The minimum atomic E-state index is -5.11. The van der Waals surface area contributed by atoms with Gasteiger partial charge in [-0.1, -0.05) is 6.92 Å². The number of aryl methyl sites for hydroxylation is 1. The number of benzene rings is 2. The van der Waals surface area contributed by atoms with Gasteiger partial charge in [0, 0.05) is 25.1 Å². The first-order chi connectivity index (χ1) is 22.3. The van der Waals surface area contributed by atoms with Crippen molar-refractivity contribution in [1.29, 1.82) is 0 Å². The molecule has 48 heavy (non-hydrogen) atoms. The number of aliphatic carboxylic acids is 1. The maximum Gasteiger partial charge on any atom is 0.416 e. The number of rotatable bonds is 9. The molecule has 3 aromatic rings. The summed E-state index contributed by atoms with van der Waals surface area (Å²) in [6, 6.07) is 2.33. The van der Waals surface area contributed by atoms with E-state index in [9.17, 15) is 54.2 Å². The Kier molecular flexibility index (Phi) is 10.5. The topological polar surface area (TPSA) is 105 Å². The van der Waals surface area contributed by atoms with Gasteiger partial charge in [-0.2, -0.15) is 39.5 Å². The average Bonchev–Trinajstić information content (AvgIpc) is 2.98. The molecule has 2 atom stereocenters. The predicted molar refractivity (Wildman–Crippen MR) is 153 cm³/mol. The summed E-state index contributed by atoms with van der Waals surface area (Å²) in [5, 5.41) is 12.1. The third-order valence-electron chi connectivity index (χ3n) is 7.68. The predicted octanol–water partition coefficient (Wildman–Crippen LogP) is 8.44. The number of hydrogen-bond acceptors (Lipinski definition) is 6. The number of halogens is 9. The van der Waals surface area contributed by atoms with Crippen molar-refractivity contribution in [2.45, 2.75) is 76.6 Å². The molecule has 260 valence electrons. The first-order valence-electron chi connectivity index (χ1n) is 14.6. The fraction of sp³-hybridized carbons (Fsp3) is 0.419. The van der Waals surface area contributed by atoms with Gasteiger partial charge in [0.1, 0.15) is 0 Å². The first kappa shape index (κ1) is 36.3. The van der Waals surface area contributed by atoms with Crippen molar-refractivity contribution in [3.8, 4) is 0 Å². The van der Waals surface area contributed by atoms with Crippen molar-refractivity contribution >= 4 is 23.7 Å². The van der Waals surface area contributed by atoms with E-state index in [0.717, 1.165) is 24.4 Å². The summed E-state index contributed by atoms with van der Waals surface area (Å²) in [6.45, 7) is 3.32. The second-order valence-corrected chi connectivity index (χ2v) is 11.0. The van der Waals surface area contributed by atoms with Crippen LogP contribution in [0.3, 0.4) is 0 Å². The number of aromatic nitrogens is 2. The summed E-state index contributed by atoms with van der Waals surface area (Å²) < 4.78 is 127. The van der Waals surface area contributed by atoms with Crippen molar-refractivity contribution in [3.05, 3.63) is 81.7 Å². The van der Waals surface area contributed by atoms with E-state index in [4.69, 9.17) is 4.74 Å². The van der Waals surface area contributed by atoms with E-state index < -0.39 is 77.8 Å². The number of ether oxygens (including phenoxy) is 1. The smallest absolute Gasteiger partial charge is 0.416 e. The highest BCUT2D eigenvalue weighted by atomic mass is 19.4. The molecule has 0 aliphatic carbocycles. The lowest BCUT2D eigenvalue weighted by Crippen LogP contribution is -2.46. The van der Waals surface area contributed by atoms with Crippen LogP contribution in [0.4, 0.5) is 55.9 Å². The molecular weight excluding hydrogens is 663 g/mol. The fourth-order valence-corrected chi connectivity index (χ4v) is 5.44. The molecule has 0 spiro atoms. The van der Waals surface area contributed by atoms with Gasteiger partial charge in [0.25, 0.3) is 0 Å². The molecule has 1 aromatic heterocycles. The fourth-order valence-electron chi connectivity index (χ4n) is 5.44. The second-order valence-electron chi connectivity index (χ2n) is 11.0. The number of nitrogens with zero attached hydrogens (tertiary/aromatic N) is 3. The number of anilines is 2. The van der Waals surface area contributed by atoms with E-state index in [1.807, 2.05) is 0 Å². The van der Waals surface area contributed by atoms with Crippen molar-refractivity contribution in [2.24, 2.45) is 0 Å². The van der Waals surface area contributed by atoms with Crippen LogP contribution in [0.25, 0.3) is 0 Å². The molecule has 0 radical (unpaired) electrons. The molecule has 1 aliphatic heterocycles. The van der Waals surface area contributed by atoms with Crippen molar-refractivity contribution in [1.82, 2.24) is 9.97 Å². The molecule has 0 bridgehead atoms. The van der Waals surface area contributed by atoms with E-state index in [-0.39, 0.29) is 54.0 Å². The van der Waals surface area contributed by atoms with Crippen LogP contribution in [0.5, 0.6) is 0 Å². The van der Waals surface area contributed by atoms with Gasteiger partial charge >= 0.3 is 30.6 Å². The standard InChI is InChI=1S/C31H29F9N4O4/c1-3-21-14-24(22-13-18(29(32,33)34)6-7-25(22)44(21)28(47)48-4-2)43-27-41-15-17(5-8-26(45)46)23(42-27)11-16-9-19(30(35,36)37)12-20(10-16)31(38,39)40/h6-7,9-10,12-13,15,21,24H,3-5,8,11,14H2,1-2H3,(H,45,46)(H,41,42,43)/t21-,24+/m1/s1. The van der Waals surface area contributed by atoms with Gasteiger partial charge in [0.15, 0.2) is 0 Å². The van der Waals surface area contributed by atoms with E-state index in [2.05, 4.69) is 15.3 Å². The average molecular weight is 693 g/mol. The van der Waals surface area contributed by atoms with Crippen LogP contribution in [0.1, 0.15) is 78.2 Å². The Balaban J connectivity index is 1.79. The third-order valence-corrected chi connectivity index (χ3v) is 7.68. The number of carboxylic acids is 1. The van der Waals surface area contributed by atoms with E-state index in [0.29, 0.717) is 18.6 Å². The van der Waals surface area contributed by atoms with Gasteiger partial charge in [-0.15, -0.1) is 0 Å². The highest BCUT2D eigenvalue weighted by Gasteiger charge is 2.40. The normalized spacial score (nSPS) is 16.8. The van der Waals surface area contributed by atoms with E-state index in [1.165, 1.54) is 4.90 Å². The summed E-state index contributed by atoms with van der Waals surface area (Å²) in [4.78, 5) is 33.8. The number of amides is 1. The number of carboxylic acid groups (broad SMARTS) is 1. The van der Waals surface area contributed by atoms with Crippen LogP contribution in [0.2, 0.25) is 0 Å². The highest BCUT2D eigenvalue weighted by Crippen LogP contribution is 2.43. The molecule has 2 heterocycles. The number of carbonyl (C=O) groups excluding carboxylic acids is 1. The molecule has 1 aliphatic rings. The zero-order valence-electron chi connectivity index (χ0n) is 25.4. The minimum Gasteiger partial charge on any atom is -0.481 e. The van der Waals surface area contributed by atoms with Crippen LogP contribution in [-0.4, -0.2) is 39.8 Å². The maximum atomic E-state index is 13.7. The maximum absolute atomic E-state index is 13.7. The molecule has 0 saturated carbocycles. The van der Waals surface area contributed by atoms with Crippen LogP contribution in [0, 0.1) is 0 Å². The van der Waals surface area contributed by atoms with Crippen molar-refractivity contribution in [3.63, 3.8) is 0 Å². The van der Waals surface area contributed by atoms with Gasteiger partial charge in [0.2, 0.25) is 5.95 Å². The van der Waals surface area contributed by atoms with Gasteiger partial charge in [-0.3, -0.25) is 9.69 Å². The number of carbonyl (C=O) groups is 2. The number of hydrogen-bond donors (Lipinski definition) is 2. The Bertz CT molecular complexity index is 1630. The van der Waals surface area contributed by atoms with E-state index in [1.54, 1.807) is 13.8 Å². The van der Waals surface area contributed by atoms with Crippen molar-refractivity contribution in [2.75, 3.05) is 16.8 Å². The molecule has 2 aromatic carbocycles. The van der Waals surface area contributed by atoms with Gasteiger partial charge in [-0.05, 0) is 79.3 Å². The summed E-state index contributed by atoms with van der Waals surface area (Å²) in [6.07, 6.45) is -15.5. The Morgan fingerprint density at radius 1 is 0.938 bits per heavy atom. The molecular formula is C31H29F9N4O4. The summed E-state index contributed by atoms with van der Waals surface area (Å²) in [5.74, 6) is -1.47. The SMILES string of the molecule is CCOC(=O)N1c2ccc(C(F)(F)F)cc2[C@@H](Nc2ncc(CCC(=O)O)c(Cc3cc(C(F)(F)F)cc(C(F)(F)F)c3)n2)C[C@H]1CC. The largest absolute Gasteiger partial charge is 0.481 e. The molecule has 1 amide bonds. The molecule has 0 saturated heterocycles. The summed E-state index contributed by atoms with van der Waals surface area (Å²) in [7, 11) is 0. The Morgan fingerprint density at radius 2 is 1.56 bits per heavy atom. The van der Waals surface area contributed by atoms with Crippen LogP contribution < -0.4 is 10.2 Å². The molecule has 2 N–H and O–H groups in total. The van der Waals surface area contributed by atoms with Crippen LogP contribution in [0.15, 0.2) is 42.6 Å². The van der Waals surface area contributed by atoms with E-state index >= 15 is 0 Å². The molecule has 17 heteroatoms. The number of alkyl halides is 9. The monoisotopic (exact) mass is 692 g/mol. The highest BCUT2D eigenvalue weighted by molar-refractivity contribution is 5.90. The number of nitrogens with one attached hydrogen (secondary N) is 1. The molecule has 4 rings (SSSR count). The van der Waals surface area contributed by atoms with Gasteiger partial charge < -0.3 is 15.2 Å². The lowest BCUT2D eigenvalue weighted by Gasteiger charge is -2.40. The first-order valence-corrected chi connectivity index (χ1v) is 14.6. The second kappa shape index (κ2) is 13.9. The number of fused-ring (bicyclic) bond motifs is 1.